The van der Waals surface area contributed by atoms with E-state index >= 15 is 0 Å². The van der Waals surface area contributed by atoms with Gasteiger partial charge in [-0.2, -0.15) is 0 Å². The van der Waals surface area contributed by atoms with E-state index in [1.807, 2.05) is 13.1 Å². The molecule has 0 aromatic carbocycles. The highest BCUT2D eigenvalue weighted by Crippen LogP contribution is 2.38. The number of thiophene rings is 1. The second-order valence-electron chi connectivity index (χ2n) is 3.14. The van der Waals surface area contributed by atoms with E-state index in [1.165, 1.54) is 0 Å². The third-order valence-corrected chi connectivity index (χ3v) is 4.75. The number of rotatable bonds is 3. The average Bonchev–Trinajstić information content (AvgIpc) is 2.76. The maximum atomic E-state index is 5.78. The van der Waals surface area contributed by atoms with E-state index < -0.39 is 0 Å². The number of furan rings is 1. The topological polar surface area (TPSA) is 25.2 Å². The Labute approximate surface area is 119 Å². The fourth-order valence-electron chi connectivity index (χ4n) is 1.48. The van der Waals surface area contributed by atoms with Crippen molar-refractivity contribution >= 4 is 54.8 Å². The highest BCUT2D eigenvalue weighted by Gasteiger charge is 2.20. The number of nitrogens with one attached hydrogen (secondary N) is 1. The molecule has 1 atom stereocenters. The molecule has 0 saturated carbocycles. The van der Waals surface area contributed by atoms with Crippen molar-refractivity contribution in [2.45, 2.75) is 6.04 Å². The Morgan fingerprint density at radius 2 is 2.19 bits per heavy atom. The molecule has 6 heteroatoms. The van der Waals surface area contributed by atoms with E-state index in [9.17, 15) is 0 Å². The molecule has 2 nitrogen and oxygen atoms in total. The van der Waals surface area contributed by atoms with Crippen molar-refractivity contribution in [3.05, 3.63) is 42.3 Å². The molecule has 86 valence electrons. The van der Waals surface area contributed by atoms with Crippen LogP contribution in [0.2, 0.25) is 5.22 Å². The Hall–Kier alpha value is 0.190. The van der Waals surface area contributed by atoms with Gasteiger partial charge in [0.2, 0.25) is 0 Å². The van der Waals surface area contributed by atoms with Gasteiger partial charge in [0.1, 0.15) is 5.76 Å². The van der Waals surface area contributed by atoms with Crippen molar-refractivity contribution in [2.75, 3.05) is 7.05 Å². The molecule has 0 amide bonds. The van der Waals surface area contributed by atoms with Crippen molar-refractivity contribution in [1.82, 2.24) is 5.32 Å². The van der Waals surface area contributed by atoms with Crippen molar-refractivity contribution in [2.24, 2.45) is 0 Å². The second-order valence-corrected chi connectivity index (χ2v) is 7.26. The molecule has 0 radical (unpaired) electrons. The number of hydrogen-bond donors (Lipinski definition) is 1. The summed E-state index contributed by atoms with van der Waals surface area (Å²) in [4.78, 5) is 0. The lowest BCUT2D eigenvalue weighted by molar-refractivity contribution is 0.465. The van der Waals surface area contributed by atoms with Crippen molar-refractivity contribution < 1.29 is 4.42 Å². The van der Waals surface area contributed by atoms with Gasteiger partial charge < -0.3 is 9.73 Å². The van der Waals surface area contributed by atoms with E-state index in [1.54, 1.807) is 17.4 Å². The van der Waals surface area contributed by atoms with Crippen LogP contribution in [0.4, 0.5) is 0 Å². The molecule has 0 aliphatic rings. The van der Waals surface area contributed by atoms with Gasteiger partial charge in [0, 0.05) is 5.56 Å². The molecule has 2 heterocycles. The lowest BCUT2D eigenvalue weighted by Crippen LogP contribution is -2.16. The van der Waals surface area contributed by atoms with Gasteiger partial charge in [0.05, 0.1) is 13.6 Å². The van der Waals surface area contributed by atoms with Gasteiger partial charge in [-0.3, -0.25) is 0 Å². The lowest BCUT2D eigenvalue weighted by atomic mass is 10.1. The summed E-state index contributed by atoms with van der Waals surface area (Å²) in [5.41, 5.74) is 1.13. The highest BCUT2D eigenvalue weighted by atomic mass is 79.9. The summed E-state index contributed by atoms with van der Waals surface area (Å²) in [6.45, 7) is 0. The van der Waals surface area contributed by atoms with Crippen LogP contribution in [0, 0.1) is 0 Å². The van der Waals surface area contributed by atoms with Gasteiger partial charge in [-0.15, -0.1) is 11.3 Å². The Kier molecular flexibility index (Phi) is 4.13. The first-order valence-corrected chi connectivity index (χ1v) is 7.27. The molecule has 16 heavy (non-hydrogen) atoms. The first kappa shape index (κ1) is 12.6. The van der Waals surface area contributed by atoms with Crippen LogP contribution in [0.3, 0.4) is 0 Å². The standard InChI is InChI=1S/C10H8Br2ClNOS/c1-14-9(6-2-3-8(13)15-6)5-4-7(11)16-10(5)12/h2-4,9,14H,1H3. The van der Waals surface area contributed by atoms with Gasteiger partial charge in [-0.25, -0.2) is 0 Å². The summed E-state index contributed by atoms with van der Waals surface area (Å²) >= 11 is 14.4. The molecule has 1 unspecified atom stereocenters. The largest absolute Gasteiger partial charge is 0.448 e. The number of hydrogen-bond acceptors (Lipinski definition) is 3. The maximum absolute atomic E-state index is 5.78. The fourth-order valence-corrected chi connectivity index (χ4v) is 4.54. The molecule has 0 aliphatic heterocycles. The molecule has 0 aliphatic carbocycles. The van der Waals surface area contributed by atoms with E-state index in [4.69, 9.17) is 16.0 Å². The predicted octanol–water partition coefficient (Wildman–Crippen LogP) is 4.83. The van der Waals surface area contributed by atoms with Crippen molar-refractivity contribution in [3.8, 4) is 0 Å². The molecule has 2 aromatic heterocycles. The minimum absolute atomic E-state index is 0.00410. The van der Waals surface area contributed by atoms with Crippen LogP contribution >= 0.6 is 54.8 Å². The molecule has 0 saturated heterocycles. The average molecular weight is 386 g/mol. The van der Waals surface area contributed by atoms with Gasteiger partial charge in [-0.1, -0.05) is 0 Å². The van der Waals surface area contributed by atoms with Crippen LogP contribution in [-0.2, 0) is 0 Å². The molecule has 2 aromatic rings. The third-order valence-electron chi connectivity index (χ3n) is 2.16. The second kappa shape index (κ2) is 5.23. The monoisotopic (exact) mass is 383 g/mol. The minimum Gasteiger partial charge on any atom is -0.448 e. The lowest BCUT2D eigenvalue weighted by Gasteiger charge is -2.12. The Morgan fingerprint density at radius 1 is 1.44 bits per heavy atom. The molecular weight excluding hydrogens is 377 g/mol. The molecule has 0 spiro atoms. The zero-order valence-electron chi connectivity index (χ0n) is 8.26. The SMILES string of the molecule is CNC(c1ccc(Cl)o1)c1cc(Br)sc1Br. The fraction of sp³-hybridized carbons (Fsp3) is 0.200. The molecular formula is C10H8Br2ClNOS. The zero-order chi connectivity index (χ0) is 11.7. The van der Waals surface area contributed by atoms with Crippen LogP contribution in [-0.4, -0.2) is 7.05 Å². The summed E-state index contributed by atoms with van der Waals surface area (Å²) < 4.78 is 7.58. The number of halogens is 3. The summed E-state index contributed by atoms with van der Waals surface area (Å²) in [6.07, 6.45) is 0. The van der Waals surface area contributed by atoms with Gasteiger partial charge in [0.15, 0.2) is 5.22 Å². The van der Waals surface area contributed by atoms with E-state index in [-0.39, 0.29) is 6.04 Å². The molecule has 1 N–H and O–H groups in total. The normalized spacial score (nSPS) is 13.0. The summed E-state index contributed by atoms with van der Waals surface area (Å²) in [6, 6.07) is 5.69. The molecule has 2 rings (SSSR count). The van der Waals surface area contributed by atoms with Gasteiger partial charge >= 0.3 is 0 Å². The van der Waals surface area contributed by atoms with E-state index in [0.29, 0.717) is 5.22 Å². The van der Waals surface area contributed by atoms with Gasteiger partial charge in [0.25, 0.3) is 0 Å². The highest BCUT2D eigenvalue weighted by molar-refractivity contribution is 9.12. The summed E-state index contributed by atoms with van der Waals surface area (Å²) in [7, 11) is 1.89. The molecule has 0 bridgehead atoms. The van der Waals surface area contributed by atoms with Crippen LogP contribution in [0.15, 0.2) is 30.2 Å². The van der Waals surface area contributed by atoms with Gasteiger partial charge in [-0.05, 0) is 68.7 Å². The Morgan fingerprint density at radius 3 is 2.62 bits per heavy atom. The van der Waals surface area contributed by atoms with Crippen LogP contribution in [0.1, 0.15) is 17.4 Å². The summed E-state index contributed by atoms with van der Waals surface area (Å²) in [5.74, 6) is 0.804. The van der Waals surface area contributed by atoms with Crippen LogP contribution in [0.5, 0.6) is 0 Å². The first-order valence-electron chi connectivity index (χ1n) is 4.49. The third kappa shape index (κ3) is 2.54. The van der Waals surface area contributed by atoms with E-state index in [0.717, 1.165) is 18.9 Å². The molecule has 0 fully saturated rings. The van der Waals surface area contributed by atoms with Crippen molar-refractivity contribution in [1.29, 1.82) is 0 Å². The first-order chi connectivity index (χ1) is 7.61. The Bertz CT molecular complexity index is 497. The smallest absolute Gasteiger partial charge is 0.193 e. The summed E-state index contributed by atoms with van der Waals surface area (Å²) in [5, 5.41) is 3.61. The zero-order valence-corrected chi connectivity index (χ0v) is 13.0. The minimum atomic E-state index is 0.00410. The van der Waals surface area contributed by atoms with Crippen molar-refractivity contribution in [3.63, 3.8) is 0 Å². The Balaban J connectivity index is 2.40. The predicted molar refractivity (Wildman–Crippen MR) is 74.3 cm³/mol. The van der Waals surface area contributed by atoms with E-state index in [2.05, 4.69) is 43.2 Å². The quantitative estimate of drug-likeness (QED) is 0.819. The van der Waals surface area contributed by atoms with Crippen LogP contribution < -0.4 is 5.32 Å². The van der Waals surface area contributed by atoms with Crippen LogP contribution in [0.25, 0.3) is 0 Å². The maximum Gasteiger partial charge on any atom is 0.193 e.